The number of ether oxygens (including phenoxy) is 2. The summed E-state index contributed by atoms with van der Waals surface area (Å²) in [4.78, 5) is 13.3. The molecule has 2 aromatic rings. The van der Waals surface area contributed by atoms with E-state index in [0.717, 1.165) is 49.2 Å². The average molecular weight is 448 g/mol. The van der Waals surface area contributed by atoms with Crippen LogP contribution in [0.15, 0.2) is 42.5 Å². The number of carboxylic acids is 1. The van der Waals surface area contributed by atoms with Crippen LogP contribution in [-0.2, 0) is 4.79 Å². The van der Waals surface area contributed by atoms with Crippen molar-refractivity contribution in [3.05, 3.63) is 63.6 Å². The van der Waals surface area contributed by atoms with Gasteiger partial charge < -0.3 is 19.5 Å². The molecule has 158 valence electrons. The fraction of sp³-hybridized carbons (Fsp3) is 0.348. The number of likely N-dealkylation sites (tertiary alicyclic amines) is 1. The standard InChI is InChI=1S/C23H23Cl2NO4/c24-16-3-5-21-19(11-16)18(20-12-17(25)4-6-22(20)30-14-29-21)2-1-8-26-9-7-15(13-26)10-23(27)28/h2-6,11-12,15H,1,7-10,13-14H2,(H,27,28). The lowest BCUT2D eigenvalue weighted by atomic mass is 9.95. The van der Waals surface area contributed by atoms with E-state index in [1.807, 2.05) is 24.3 Å². The molecule has 0 saturated carbocycles. The molecule has 5 nitrogen and oxygen atoms in total. The van der Waals surface area contributed by atoms with Gasteiger partial charge in [0.05, 0.1) is 0 Å². The lowest BCUT2D eigenvalue weighted by molar-refractivity contribution is -0.138. The highest BCUT2D eigenvalue weighted by molar-refractivity contribution is 6.31. The fourth-order valence-electron chi connectivity index (χ4n) is 4.12. The number of benzene rings is 2. The maximum absolute atomic E-state index is 11.0. The molecule has 2 heterocycles. The lowest BCUT2D eigenvalue weighted by Crippen LogP contribution is -2.22. The van der Waals surface area contributed by atoms with Crippen LogP contribution in [0.2, 0.25) is 10.0 Å². The first-order chi connectivity index (χ1) is 14.5. The van der Waals surface area contributed by atoms with Crippen molar-refractivity contribution in [3.8, 4) is 11.5 Å². The molecule has 4 rings (SSSR count). The first-order valence-electron chi connectivity index (χ1n) is 9.99. The molecule has 2 aliphatic heterocycles. The highest BCUT2D eigenvalue weighted by atomic mass is 35.5. The van der Waals surface area contributed by atoms with Crippen molar-refractivity contribution in [2.24, 2.45) is 5.92 Å². The Morgan fingerprint density at radius 2 is 1.73 bits per heavy atom. The molecule has 2 aliphatic rings. The molecule has 0 aliphatic carbocycles. The highest BCUT2D eigenvalue weighted by Gasteiger charge is 2.24. The van der Waals surface area contributed by atoms with Crippen LogP contribution in [0.3, 0.4) is 0 Å². The maximum Gasteiger partial charge on any atom is 0.303 e. The summed E-state index contributed by atoms with van der Waals surface area (Å²) in [6, 6.07) is 11.1. The Balaban J connectivity index is 1.60. The van der Waals surface area contributed by atoms with E-state index in [-0.39, 0.29) is 19.1 Å². The van der Waals surface area contributed by atoms with Crippen LogP contribution in [0, 0.1) is 5.92 Å². The number of aliphatic carboxylic acids is 1. The summed E-state index contributed by atoms with van der Waals surface area (Å²) >= 11 is 12.6. The Morgan fingerprint density at radius 1 is 1.10 bits per heavy atom. The number of halogens is 2. The van der Waals surface area contributed by atoms with Gasteiger partial charge in [-0.05, 0) is 67.3 Å². The monoisotopic (exact) mass is 447 g/mol. The molecule has 0 amide bonds. The summed E-state index contributed by atoms with van der Waals surface area (Å²) in [6.45, 7) is 2.72. The SMILES string of the molecule is O=C(O)CC1CCN(CCC=C2c3cc(Cl)ccc3OCOc3ccc(Cl)cc32)C1. The van der Waals surface area contributed by atoms with Gasteiger partial charge in [0.1, 0.15) is 11.5 Å². The van der Waals surface area contributed by atoms with E-state index in [4.69, 9.17) is 37.8 Å². The van der Waals surface area contributed by atoms with E-state index in [0.29, 0.717) is 21.5 Å². The van der Waals surface area contributed by atoms with Gasteiger partial charge in [-0.2, -0.15) is 0 Å². The van der Waals surface area contributed by atoms with Gasteiger partial charge in [0, 0.05) is 40.7 Å². The van der Waals surface area contributed by atoms with Gasteiger partial charge in [-0.15, -0.1) is 0 Å². The van der Waals surface area contributed by atoms with Crippen molar-refractivity contribution in [2.75, 3.05) is 26.4 Å². The zero-order chi connectivity index (χ0) is 21.1. The normalized spacial score (nSPS) is 18.5. The van der Waals surface area contributed by atoms with Crippen molar-refractivity contribution in [3.63, 3.8) is 0 Å². The van der Waals surface area contributed by atoms with Gasteiger partial charge in [-0.3, -0.25) is 4.79 Å². The Labute approximate surface area is 185 Å². The van der Waals surface area contributed by atoms with Crippen LogP contribution < -0.4 is 9.47 Å². The van der Waals surface area contributed by atoms with Gasteiger partial charge in [0.2, 0.25) is 6.79 Å². The number of fused-ring (bicyclic) bond motifs is 2. The van der Waals surface area contributed by atoms with Gasteiger partial charge in [-0.1, -0.05) is 29.3 Å². The third-order valence-electron chi connectivity index (χ3n) is 5.52. The molecule has 1 unspecified atom stereocenters. The number of hydrogen-bond acceptors (Lipinski definition) is 4. The van der Waals surface area contributed by atoms with E-state index in [2.05, 4.69) is 11.0 Å². The van der Waals surface area contributed by atoms with Gasteiger partial charge in [-0.25, -0.2) is 0 Å². The Kier molecular flexibility index (Phi) is 6.52. The first kappa shape index (κ1) is 21.0. The first-order valence-corrected chi connectivity index (χ1v) is 10.7. The minimum atomic E-state index is -0.722. The van der Waals surface area contributed by atoms with E-state index in [9.17, 15) is 4.79 Å². The second-order valence-electron chi connectivity index (χ2n) is 7.65. The summed E-state index contributed by atoms with van der Waals surface area (Å²) in [6.07, 6.45) is 4.13. The molecule has 7 heteroatoms. The third kappa shape index (κ3) is 4.91. The average Bonchev–Trinajstić information content (AvgIpc) is 3.13. The summed E-state index contributed by atoms with van der Waals surface area (Å²) in [5.41, 5.74) is 2.77. The summed E-state index contributed by atoms with van der Waals surface area (Å²) in [5, 5.41) is 10.3. The predicted molar refractivity (Wildman–Crippen MR) is 118 cm³/mol. The van der Waals surface area contributed by atoms with Crippen molar-refractivity contribution in [1.29, 1.82) is 0 Å². The van der Waals surface area contributed by atoms with E-state index >= 15 is 0 Å². The molecule has 0 radical (unpaired) electrons. The zero-order valence-corrected chi connectivity index (χ0v) is 18.0. The number of carboxylic acid groups (broad SMARTS) is 1. The zero-order valence-electron chi connectivity index (χ0n) is 16.4. The van der Waals surface area contributed by atoms with Gasteiger partial charge >= 0.3 is 5.97 Å². The molecule has 1 N–H and O–H groups in total. The number of hydrogen-bond donors (Lipinski definition) is 1. The largest absolute Gasteiger partial charge is 0.481 e. The molecule has 30 heavy (non-hydrogen) atoms. The van der Waals surface area contributed by atoms with Crippen molar-refractivity contribution in [2.45, 2.75) is 19.3 Å². The van der Waals surface area contributed by atoms with E-state index in [1.54, 1.807) is 12.1 Å². The summed E-state index contributed by atoms with van der Waals surface area (Å²) < 4.78 is 11.6. The maximum atomic E-state index is 11.0. The Hall–Kier alpha value is -2.21. The van der Waals surface area contributed by atoms with E-state index in [1.165, 1.54) is 0 Å². The summed E-state index contributed by atoms with van der Waals surface area (Å²) in [5.74, 6) is 0.927. The van der Waals surface area contributed by atoms with Gasteiger partial charge in [0.15, 0.2) is 0 Å². The summed E-state index contributed by atoms with van der Waals surface area (Å²) in [7, 11) is 0. The van der Waals surface area contributed by atoms with Crippen LogP contribution in [-0.4, -0.2) is 42.4 Å². The molecule has 1 atom stereocenters. The molecule has 0 spiro atoms. The Morgan fingerprint density at radius 3 is 2.33 bits per heavy atom. The highest BCUT2D eigenvalue weighted by Crippen LogP contribution is 2.40. The second-order valence-corrected chi connectivity index (χ2v) is 8.52. The predicted octanol–water partition coefficient (Wildman–Crippen LogP) is 5.34. The number of rotatable bonds is 5. The van der Waals surface area contributed by atoms with Crippen LogP contribution in [0.25, 0.3) is 5.57 Å². The molecule has 1 fully saturated rings. The molecule has 1 saturated heterocycles. The van der Waals surface area contributed by atoms with Crippen LogP contribution in [0.5, 0.6) is 11.5 Å². The van der Waals surface area contributed by atoms with Crippen molar-refractivity contribution < 1.29 is 19.4 Å². The van der Waals surface area contributed by atoms with Crippen LogP contribution in [0.1, 0.15) is 30.4 Å². The molecular formula is C23H23Cl2NO4. The second kappa shape index (κ2) is 9.29. The molecule has 0 aromatic heterocycles. The van der Waals surface area contributed by atoms with Crippen molar-refractivity contribution in [1.82, 2.24) is 4.90 Å². The Bertz CT molecular complexity index is 920. The molecular weight excluding hydrogens is 425 g/mol. The molecule has 2 aromatic carbocycles. The lowest BCUT2D eigenvalue weighted by Gasteiger charge is -2.22. The molecule has 0 bridgehead atoms. The minimum absolute atomic E-state index is 0.106. The number of carbonyl (C=O) groups is 1. The van der Waals surface area contributed by atoms with E-state index < -0.39 is 5.97 Å². The topological polar surface area (TPSA) is 59.0 Å². The number of nitrogens with zero attached hydrogens (tertiary/aromatic N) is 1. The quantitative estimate of drug-likeness (QED) is 0.669. The van der Waals surface area contributed by atoms with Crippen molar-refractivity contribution >= 4 is 34.7 Å². The fourth-order valence-corrected chi connectivity index (χ4v) is 4.46. The smallest absolute Gasteiger partial charge is 0.303 e. The third-order valence-corrected chi connectivity index (χ3v) is 5.99. The van der Waals surface area contributed by atoms with Gasteiger partial charge in [0.25, 0.3) is 0 Å². The van der Waals surface area contributed by atoms with Crippen LogP contribution >= 0.6 is 23.2 Å². The van der Waals surface area contributed by atoms with Crippen LogP contribution in [0.4, 0.5) is 0 Å². The minimum Gasteiger partial charge on any atom is -0.481 e.